The monoisotopic (exact) mass is 395 g/mol. The van der Waals surface area contributed by atoms with Gasteiger partial charge in [-0.3, -0.25) is 4.90 Å². The molecule has 144 valence electrons. The first-order valence-electron chi connectivity index (χ1n) is 9.16. The van der Waals surface area contributed by atoms with Gasteiger partial charge in [-0.15, -0.1) is 0 Å². The fourth-order valence-corrected chi connectivity index (χ4v) is 3.34. The van der Waals surface area contributed by atoms with Gasteiger partial charge in [0.2, 0.25) is 0 Å². The number of halogens is 1. The van der Waals surface area contributed by atoms with Crippen LogP contribution in [0.2, 0.25) is 5.02 Å². The number of aromatic nitrogens is 4. The summed E-state index contributed by atoms with van der Waals surface area (Å²) in [6, 6.07) is 13.8. The molecule has 0 atom stereocenters. The van der Waals surface area contributed by atoms with E-state index in [0.717, 1.165) is 41.3 Å². The molecule has 0 aliphatic carbocycles. The van der Waals surface area contributed by atoms with Gasteiger partial charge in [-0.2, -0.15) is 0 Å². The third-order valence-electron chi connectivity index (χ3n) is 4.49. The summed E-state index contributed by atoms with van der Waals surface area (Å²) in [5.74, 6) is 1.82. The van der Waals surface area contributed by atoms with Gasteiger partial charge in [-0.25, -0.2) is 9.97 Å². The van der Waals surface area contributed by atoms with Gasteiger partial charge in [0.15, 0.2) is 0 Å². The van der Waals surface area contributed by atoms with Crippen molar-refractivity contribution in [3.05, 3.63) is 77.6 Å². The minimum absolute atomic E-state index is 0.599. The lowest BCUT2D eigenvalue weighted by Gasteiger charge is -2.18. The number of imidazole rings is 2. The Kier molecular flexibility index (Phi) is 5.60. The van der Waals surface area contributed by atoms with Crippen LogP contribution in [-0.4, -0.2) is 38.1 Å². The molecule has 28 heavy (non-hydrogen) atoms. The molecule has 2 aromatic carbocycles. The lowest BCUT2D eigenvalue weighted by molar-refractivity contribution is 0.276. The largest absolute Gasteiger partial charge is 0.491 e. The van der Waals surface area contributed by atoms with Gasteiger partial charge in [-0.05, 0) is 31.3 Å². The summed E-state index contributed by atoms with van der Waals surface area (Å²) in [4.78, 5) is 14.2. The van der Waals surface area contributed by atoms with Crippen molar-refractivity contribution in [1.82, 2.24) is 24.4 Å². The van der Waals surface area contributed by atoms with Gasteiger partial charge in [0.05, 0.1) is 30.5 Å². The number of ether oxygens (including phenoxy) is 1. The Balaban J connectivity index is 1.38. The molecule has 0 aliphatic heterocycles. The fourth-order valence-electron chi connectivity index (χ4n) is 3.17. The number of nitrogens with one attached hydrogen (secondary N) is 1. The third-order valence-corrected chi connectivity index (χ3v) is 4.73. The van der Waals surface area contributed by atoms with Gasteiger partial charge < -0.3 is 14.3 Å². The van der Waals surface area contributed by atoms with Crippen molar-refractivity contribution in [2.24, 2.45) is 0 Å². The Labute approximate surface area is 168 Å². The average molecular weight is 396 g/mol. The van der Waals surface area contributed by atoms with E-state index >= 15 is 0 Å². The molecule has 1 N–H and O–H groups in total. The van der Waals surface area contributed by atoms with E-state index in [1.807, 2.05) is 47.2 Å². The van der Waals surface area contributed by atoms with Crippen molar-refractivity contribution < 1.29 is 4.74 Å². The lowest BCUT2D eigenvalue weighted by atomic mass is 10.2. The highest BCUT2D eigenvalue weighted by molar-refractivity contribution is 6.31. The lowest BCUT2D eigenvalue weighted by Crippen LogP contribution is -2.19. The number of aromatic amines is 1. The standard InChI is InChI=1S/C21H22ClN5O/c1-26(14-21-24-18-7-6-17(22)12-19(18)25-21)13-16-4-2-3-5-20(16)28-11-10-27-9-8-23-15-27/h2-9,12,15H,10-11,13-14H2,1H3,(H,24,25). The van der Waals surface area contributed by atoms with Crippen LogP contribution in [0.3, 0.4) is 0 Å². The number of nitrogens with zero attached hydrogens (tertiary/aromatic N) is 4. The zero-order chi connectivity index (χ0) is 19.3. The molecule has 0 spiro atoms. The summed E-state index contributed by atoms with van der Waals surface area (Å²) >= 11 is 6.06. The zero-order valence-corrected chi connectivity index (χ0v) is 16.4. The molecule has 2 aromatic heterocycles. The molecule has 2 heterocycles. The Morgan fingerprint density at radius 3 is 2.93 bits per heavy atom. The second-order valence-electron chi connectivity index (χ2n) is 6.77. The van der Waals surface area contributed by atoms with Crippen molar-refractivity contribution in [2.75, 3.05) is 13.7 Å². The van der Waals surface area contributed by atoms with Gasteiger partial charge in [0.25, 0.3) is 0 Å². The molecule has 0 fully saturated rings. The van der Waals surface area contributed by atoms with Crippen molar-refractivity contribution in [3.63, 3.8) is 0 Å². The second kappa shape index (κ2) is 8.46. The van der Waals surface area contributed by atoms with Gasteiger partial charge in [0.1, 0.15) is 18.2 Å². The first kappa shape index (κ1) is 18.5. The van der Waals surface area contributed by atoms with Crippen molar-refractivity contribution in [3.8, 4) is 5.75 Å². The number of benzene rings is 2. The fraction of sp³-hybridized carbons (Fsp3) is 0.238. The van der Waals surface area contributed by atoms with Crippen LogP contribution in [0.15, 0.2) is 61.2 Å². The SMILES string of the molecule is CN(Cc1nc2ccc(Cl)cc2[nH]1)Cc1ccccc1OCCn1ccnc1. The Morgan fingerprint density at radius 1 is 1.18 bits per heavy atom. The number of hydrogen-bond donors (Lipinski definition) is 1. The highest BCUT2D eigenvalue weighted by Crippen LogP contribution is 2.21. The predicted octanol–water partition coefficient (Wildman–Crippen LogP) is 4.12. The highest BCUT2D eigenvalue weighted by atomic mass is 35.5. The first-order chi connectivity index (χ1) is 13.7. The molecule has 0 radical (unpaired) electrons. The number of hydrogen-bond acceptors (Lipinski definition) is 4. The minimum atomic E-state index is 0.599. The molecular formula is C21H22ClN5O. The van der Waals surface area contributed by atoms with Crippen LogP contribution in [0.25, 0.3) is 11.0 Å². The molecule has 0 bridgehead atoms. The summed E-state index contributed by atoms with van der Waals surface area (Å²) < 4.78 is 8.01. The molecule has 6 nitrogen and oxygen atoms in total. The predicted molar refractivity (Wildman–Crippen MR) is 110 cm³/mol. The number of rotatable bonds is 8. The van der Waals surface area contributed by atoms with Crippen LogP contribution >= 0.6 is 11.6 Å². The molecule has 0 saturated heterocycles. The van der Waals surface area contributed by atoms with Gasteiger partial charge in [0, 0.05) is 29.5 Å². The Hall–Kier alpha value is -2.83. The van der Waals surface area contributed by atoms with Gasteiger partial charge >= 0.3 is 0 Å². The normalized spacial score (nSPS) is 11.4. The van der Waals surface area contributed by atoms with E-state index in [1.54, 1.807) is 12.5 Å². The molecule has 0 saturated carbocycles. The van der Waals surface area contributed by atoms with Crippen molar-refractivity contribution in [2.45, 2.75) is 19.6 Å². The van der Waals surface area contributed by atoms with Crippen LogP contribution in [-0.2, 0) is 19.6 Å². The summed E-state index contributed by atoms with van der Waals surface area (Å²) in [5.41, 5.74) is 3.03. The summed E-state index contributed by atoms with van der Waals surface area (Å²) in [5, 5.41) is 0.706. The van der Waals surface area contributed by atoms with Crippen molar-refractivity contribution >= 4 is 22.6 Å². The maximum atomic E-state index is 6.06. The maximum Gasteiger partial charge on any atom is 0.123 e. The molecule has 4 aromatic rings. The number of H-pyrrole nitrogens is 1. The molecular weight excluding hydrogens is 374 g/mol. The van der Waals surface area contributed by atoms with Gasteiger partial charge in [-0.1, -0.05) is 29.8 Å². The topological polar surface area (TPSA) is 59.0 Å². The van der Waals surface area contributed by atoms with Crippen LogP contribution in [0.4, 0.5) is 0 Å². The van der Waals surface area contributed by atoms with E-state index in [9.17, 15) is 0 Å². The molecule has 7 heteroatoms. The minimum Gasteiger partial charge on any atom is -0.491 e. The van der Waals surface area contributed by atoms with Crippen LogP contribution < -0.4 is 4.74 Å². The number of para-hydroxylation sites is 1. The molecule has 0 unspecified atom stereocenters. The summed E-state index contributed by atoms with van der Waals surface area (Å²) in [6.07, 6.45) is 5.50. The highest BCUT2D eigenvalue weighted by Gasteiger charge is 2.10. The van der Waals surface area contributed by atoms with E-state index in [4.69, 9.17) is 16.3 Å². The summed E-state index contributed by atoms with van der Waals surface area (Å²) in [6.45, 7) is 2.84. The van der Waals surface area contributed by atoms with E-state index in [2.05, 4.69) is 33.0 Å². The van der Waals surface area contributed by atoms with Crippen LogP contribution in [0.5, 0.6) is 5.75 Å². The third kappa shape index (κ3) is 4.52. The number of fused-ring (bicyclic) bond motifs is 1. The average Bonchev–Trinajstić information content (AvgIpc) is 3.32. The maximum absolute atomic E-state index is 6.06. The van der Waals surface area contributed by atoms with Crippen LogP contribution in [0, 0.1) is 0 Å². The summed E-state index contributed by atoms with van der Waals surface area (Å²) in [7, 11) is 2.07. The molecule has 0 aliphatic rings. The molecule has 0 amide bonds. The van der Waals surface area contributed by atoms with E-state index in [1.165, 1.54) is 0 Å². The van der Waals surface area contributed by atoms with Crippen LogP contribution in [0.1, 0.15) is 11.4 Å². The Morgan fingerprint density at radius 2 is 2.07 bits per heavy atom. The van der Waals surface area contributed by atoms with E-state index in [-0.39, 0.29) is 0 Å². The quantitative estimate of drug-likeness (QED) is 0.487. The Bertz CT molecular complexity index is 1040. The zero-order valence-electron chi connectivity index (χ0n) is 15.7. The van der Waals surface area contributed by atoms with Crippen molar-refractivity contribution in [1.29, 1.82) is 0 Å². The smallest absolute Gasteiger partial charge is 0.123 e. The molecule has 4 rings (SSSR count). The van der Waals surface area contributed by atoms with E-state index in [0.29, 0.717) is 18.2 Å². The van der Waals surface area contributed by atoms with E-state index < -0.39 is 0 Å². The first-order valence-corrected chi connectivity index (χ1v) is 9.54. The second-order valence-corrected chi connectivity index (χ2v) is 7.21.